The van der Waals surface area contributed by atoms with Gasteiger partial charge in [-0.25, -0.2) is 0 Å². The van der Waals surface area contributed by atoms with Crippen molar-refractivity contribution in [1.29, 1.82) is 0 Å². The van der Waals surface area contributed by atoms with Gasteiger partial charge in [-0.05, 0) is 38.8 Å². The smallest absolute Gasteiger partial charge is 0.0887 e. The molecule has 0 amide bonds. The Hall–Kier alpha value is -0.820. The van der Waals surface area contributed by atoms with Crippen molar-refractivity contribution in [2.45, 2.75) is 39.4 Å². The maximum absolute atomic E-state index is 5.87. The first kappa shape index (κ1) is 8.76. The van der Waals surface area contributed by atoms with Gasteiger partial charge in [-0.3, -0.25) is 0 Å². The normalized spacial score (nSPS) is 24.5. The summed E-state index contributed by atoms with van der Waals surface area (Å²) < 4.78 is 5.87. The van der Waals surface area contributed by atoms with Crippen LogP contribution in [0.15, 0.2) is 18.2 Å². The fourth-order valence-electron chi connectivity index (χ4n) is 2.14. The molecule has 1 aromatic rings. The van der Waals surface area contributed by atoms with E-state index in [1.54, 1.807) is 0 Å². The second kappa shape index (κ2) is 2.58. The quantitative estimate of drug-likeness (QED) is 0.589. The molecule has 1 atom stereocenters. The van der Waals surface area contributed by atoms with Crippen LogP contribution >= 0.6 is 0 Å². The van der Waals surface area contributed by atoms with E-state index in [-0.39, 0.29) is 11.7 Å². The van der Waals surface area contributed by atoms with Gasteiger partial charge in [0.15, 0.2) is 0 Å². The highest BCUT2D eigenvalue weighted by atomic mass is 16.5. The van der Waals surface area contributed by atoms with Crippen molar-refractivity contribution in [3.05, 3.63) is 34.9 Å². The summed E-state index contributed by atoms with van der Waals surface area (Å²) >= 11 is 0. The van der Waals surface area contributed by atoms with E-state index in [9.17, 15) is 0 Å². The van der Waals surface area contributed by atoms with E-state index < -0.39 is 0 Å². The third kappa shape index (κ3) is 1.28. The molecule has 1 unspecified atom stereocenters. The van der Waals surface area contributed by atoms with Crippen molar-refractivity contribution >= 4 is 0 Å². The number of hydrogen-bond donors (Lipinski definition) is 0. The molecule has 0 bridgehead atoms. The molecule has 1 aromatic carbocycles. The minimum atomic E-state index is -0.109. The van der Waals surface area contributed by atoms with Gasteiger partial charge in [-0.2, -0.15) is 0 Å². The van der Waals surface area contributed by atoms with E-state index in [0.29, 0.717) is 0 Å². The molecule has 13 heavy (non-hydrogen) atoms. The minimum Gasteiger partial charge on any atom is -0.363 e. The SMILES string of the molecule is Cc1ccc2c(c1)C(C)OC2(C)C. The molecule has 1 aliphatic heterocycles. The molecular weight excluding hydrogens is 160 g/mol. The van der Waals surface area contributed by atoms with Gasteiger partial charge in [0.1, 0.15) is 0 Å². The van der Waals surface area contributed by atoms with Crippen LogP contribution in [0.5, 0.6) is 0 Å². The third-order valence-electron chi connectivity index (χ3n) is 2.77. The molecule has 0 saturated carbocycles. The average Bonchev–Trinajstić information content (AvgIpc) is 2.22. The Morgan fingerprint density at radius 2 is 2.00 bits per heavy atom. The Labute approximate surface area is 79.7 Å². The van der Waals surface area contributed by atoms with E-state index in [0.717, 1.165) is 0 Å². The standard InChI is InChI=1S/C12H16O/c1-8-5-6-11-10(7-8)9(2)13-12(11,3)4/h5-7,9H,1-4H3. The number of aryl methyl sites for hydroxylation is 1. The molecule has 70 valence electrons. The van der Waals surface area contributed by atoms with E-state index in [2.05, 4.69) is 45.9 Å². The van der Waals surface area contributed by atoms with Crippen LogP contribution < -0.4 is 0 Å². The minimum absolute atomic E-state index is 0.109. The lowest BCUT2D eigenvalue weighted by Gasteiger charge is -2.19. The topological polar surface area (TPSA) is 9.23 Å². The summed E-state index contributed by atoms with van der Waals surface area (Å²) in [6, 6.07) is 6.57. The van der Waals surface area contributed by atoms with Crippen molar-refractivity contribution < 1.29 is 4.74 Å². The predicted molar refractivity (Wildman–Crippen MR) is 53.7 cm³/mol. The number of benzene rings is 1. The van der Waals surface area contributed by atoms with Crippen LogP contribution in [0.1, 0.15) is 43.6 Å². The molecule has 1 heterocycles. The van der Waals surface area contributed by atoms with Gasteiger partial charge < -0.3 is 4.74 Å². The summed E-state index contributed by atoms with van der Waals surface area (Å²) in [6.45, 7) is 8.50. The molecule has 0 aromatic heterocycles. The molecule has 1 heteroatoms. The Kier molecular flexibility index (Phi) is 1.74. The van der Waals surface area contributed by atoms with Gasteiger partial charge in [0.25, 0.3) is 0 Å². The zero-order valence-electron chi connectivity index (χ0n) is 8.72. The Bertz CT molecular complexity index is 339. The molecule has 0 fully saturated rings. The van der Waals surface area contributed by atoms with Crippen molar-refractivity contribution in [3.8, 4) is 0 Å². The van der Waals surface area contributed by atoms with E-state index >= 15 is 0 Å². The molecular formula is C12H16O. The van der Waals surface area contributed by atoms with Crippen LogP contribution in [0.3, 0.4) is 0 Å². The van der Waals surface area contributed by atoms with Gasteiger partial charge in [0, 0.05) is 0 Å². The number of rotatable bonds is 0. The lowest BCUT2D eigenvalue weighted by Crippen LogP contribution is -2.14. The predicted octanol–water partition coefficient (Wildman–Crippen LogP) is 3.32. The van der Waals surface area contributed by atoms with Gasteiger partial charge in [-0.1, -0.05) is 23.8 Å². The van der Waals surface area contributed by atoms with Crippen LogP contribution in [0.25, 0.3) is 0 Å². The Balaban J connectivity index is 2.59. The average molecular weight is 176 g/mol. The third-order valence-corrected chi connectivity index (χ3v) is 2.77. The second-order valence-corrected chi connectivity index (χ2v) is 4.36. The largest absolute Gasteiger partial charge is 0.363 e. The Morgan fingerprint density at radius 3 is 2.69 bits per heavy atom. The summed E-state index contributed by atoms with van der Waals surface area (Å²) in [4.78, 5) is 0. The number of ether oxygens (including phenoxy) is 1. The number of hydrogen-bond acceptors (Lipinski definition) is 1. The van der Waals surface area contributed by atoms with Gasteiger partial charge in [0.2, 0.25) is 0 Å². The molecule has 2 rings (SSSR count). The summed E-state index contributed by atoms with van der Waals surface area (Å²) in [7, 11) is 0. The fourth-order valence-corrected chi connectivity index (χ4v) is 2.14. The summed E-state index contributed by atoms with van der Waals surface area (Å²) in [5.41, 5.74) is 3.89. The zero-order chi connectivity index (χ0) is 9.64. The zero-order valence-corrected chi connectivity index (χ0v) is 8.72. The fraction of sp³-hybridized carbons (Fsp3) is 0.500. The Morgan fingerprint density at radius 1 is 1.31 bits per heavy atom. The van der Waals surface area contributed by atoms with E-state index in [4.69, 9.17) is 4.74 Å². The lowest BCUT2D eigenvalue weighted by molar-refractivity contribution is -0.0435. The highest BCUT2D eigenvalue weighted by Gasteiger charge is 2.35. The highest BCUT2D eigenvalue weighted by molar-refractivity contribution is 5.39. The van der Waals surface area contributed by atoms with Crippen molar-refractivity contribution in [3.63, 3.8) is 0 Å². The maximum Gasteiger partial charge on any atom is 0.0887 e. The molecule has 0 saturated heterocycles. The lowest BCUT2D eigenvalue weighted by atomic mass is 9.93. The summed E-state index contributed by atoms with van der Waals surface area (Å²) in [6.07, 6.45) is 0.241. The first-order valence-corrected chi connectivity index (χ1v) is 4.79. The molecule has 1 nitrogen and oxygen atoms in total. The van der Waals surface area contributed by atoms with E-state index in [1.807, 2.05) is 0 Å². The van der Waals surface area contributed by atoms with Gasteiger partial charge >= 0.3 is 0 Å². The molecule has 0 aliphatic carbocycles. The highest BCUT2D eigenvalue weighted by Crippen LogP contribution is 2.42. The van der Waals surface area contributed by atoms with Crippen LogP contribution in [0, 0.1) is 6.92 Å². The van der Waals surface area contributed by atoms with Crippen LogP contribution in [0.4, 0.5) is 0 Å². The van der Waals surface area contributed by atoms with Crippen LogP contribution in [-0.4, -0.2) is 0 Å². The number of fused-ring (bicyclic) bond motifs is 1. The van der Waals surface area contributed by atoms with Crippen LogP contribution in [0.2, 0.25) is 0 Å². The molecule has 0 radical (unpaired) electrons. The van der Waals surface area contributed by atoms with Crippen molar-refractivity contribution in [1.82, 2.24) is 0 Å². The monoisotopic (exact) mass is 176 g/mol. The maximum atomic E-state index is 5.87. The molecule has 0 spiro atoms. The second-order valence-electron chi connectivity index (χ2n) is 4.36. The first-order valence-electron chi connectivity index (χ1n) is 4.79. The van der Waals surface area contributed by atoms with E-state index in [1.165, 1.54) is 16.7 Å². The van der Waals surface area contributed by atoms with Crippen molar-refractivity contribution in [2.24, 2.45) is 0 Å². The summed E-state index contributed by atoms with van der Waals surface area (Å²) in [5, 5.41) is 0. The summed E-state index contributed by atoms with van der Waals surface area (Å²) in [5.74, 6) is 0. The van der Waals surface area contributed by atoms with Gasteiger partial charge in [0.05, 0.1) is 11.7 Å². The molecule has 1 aliphatic rings. The van der Waals surface area contributed by atoms with Gasteiger partial charge in [-0.15, -0.1) is 0 Å². The van der Waals surface area contributed by atoms with Crippen LogP contribution in [-0.2, 0) is 10.3 Å². The van der Waals surface area contributed by atoms with Crippen molar-refractivity contribution in [2.75, 3.05) is 0 Å². The first-order chi connectivity index (χ1) is 6.00. The molecule has 0 N–H and O–H groups in total.